The molecule has 1 aromatic rings. The Balaban J connectivity index is 2.07. The molecular weight excluding hydrogens is 243 g/mol. The summed E-state index contributed by atoms with van der Waals surface area (Å²) < 4.78 is 18.9. The summed E-state index contributed by atoms with van der Waals surface area (Å²) in [5, 5.41) is 10.5. The first-order chi connectivity index (χ1) is 8.70. The SMILES string of the molecule is CC1(C)CC(C(O)Cc2ccc(F)cc2)C(C)(C)O1. The molecule has 1 heterocycles. The summed E-state index contributed by atoms with van der Waals surface area (Å²) in [7, 11) is 0. The molecule has 2 unspecified atom stereocenters. The van der Waals surface area contributed by atoms with E-state index in [0.29, 0.717) is 6.42 Å². The molecule has 2 nitrogen and oxygen atoms in total. The van der Waals surface area contributed by atoms with Crippen LogP contribution >= 0.6 is 0 Å². The van der Waals surface area contributed by atoms with Crippen molar-refractivity contribution in [2.75, 3.05) is 0 Å². The predicted octanol–water partition coefficient (Wildman–Crippen LogP) is 3.32. The third-order valence-corrected chi connectivity index (χ3v) is 3.97. The fourth-order valence-corrected chi connectivity index (χ4v) is 3.21. The van der Waals surface area contributed by atoms with Crippen LogP contribution in [0.1, 0.15) is 39.7 Å². The summed E-state index contributed by atoms with van der Waals surface area (Å²) in [4.78, 5) is 0. The van der Waals surface area contributed by atoms with Crippen LogP contribution < -0.4 is 0 Å². The van der Waals surface area contributed by atoms with Crippen molar-refractivity contribution in [2.45, 2.75) is 57.8 Å². The van der Waals surface area contributed by atoms with Crippen molar-refractivity contribution in [1.29, 1.82) is 0 Å². The summed E-state index contributed by atoms with van der Waals surface area (Å²) in [5.41, 5.74) is 0.426. The van der Waals surface area contributed by atoms with Crippen molar-refractivity contribution in [2.24, 2.45) is 5.92 Å². The summed E-state index contributed by atoms with van der Waals surface area (Å²) in [5.74, 6) is -0.156. The van der Waals surface area contributed by atoms with Gasteiger partial charge in [0.15, 0.2) is 0 Å². The molecule has 0 aliphatic carbocycles. The molecule has 0 saturated carbocycles. The van der Waals surface area contributed by atoms with E-state index in [9.17, 15) is 9.50 Å². The van der Waals surface area contributed by atoms with Crippen LogP contribution in [0, 0.1) is 11.7 Å². The molecule has 2 rings (SSSR count). The van der Waals surface area contributed by atoms with Gasteiger partial charge in [0.05, 0.1) is 17.3 Å². The van der Waals surface area contributed by atoms with Gasteiger partial charge in [0.1, 0.15) is 5.82 Å². The Bertz CT molecular complexity index is 437. The van der Waals surface area contributed by atoms with Gasteiger partial charge in [0, 0.05) is 5.92 Å². The van der Waals surface area contributed by atoms with Gasteiger partial charge in [-0.1, -0.05) is 12.1 Å². The maximum atomic E-state index is 12.9. The molecule has 19 heavy (non-hydrogen) atoms. The maximum absolute atomic E-state index is 12.9. The lowest BCUT2D eigenvalue weighted by Gasteiger charge is -2.30. The molecule has 2 atom stereocenters. The number of rotatable bonds is 3. The monoisotopic (exact) mass is 266 g/mol. The minimum Gasteiger partial charge on any atom is -0.392 e. The first-order valence-corrected chi connectivity index (χ1v) is 6.82. The summed E-state index contributed by atoms with van der Waals surface area (Å²) in [6, 6.07) is 6.32. The Kier molecular flexibility index (Phi) is 3.72. The number of benzene rings is 1. The molecule has 1 aromatic carbocycles. The van der Waals surface area contributed by atoms with Gasteiger partial charge in [-0.15, -0.1) is 0 Å². The summed E-state index contributed by atoms with van der Waals surface area (Å²) in [6.45, 7) is 8.17. The number of ether oxygens (including phenoxy) is 1. The molecule has 0 amide bonds. The Morgan fingerprint density at radius 2 is 1.84 bits per heavy atom. The van der Waals surface area contributed by atoms with Crippen molar-refractivity contribution < 1.29 is 14.2 Å². The number of aliphatic hydroxyl groups excluding tert-OH is 1. The molecule has 0 radical (unpaired) electrons. The van der Waals surface area contributed by atoms with E-state index in [4.69, 9.17) is 4.74 Å². The summed E-state index contributed by atoms with van der Waals surface area (Å²) in [6.07, 6.45) is 0.901. The molecule has 106 valence electrons. The van der Waals surface area contributed by atoms with E-state index in [0.717, 1.165) is 12.0 Å². The second kappa shape index (κ2) is 4.88. The van der Waals surface area contributed by atoms with Crippen LogP contribution in [0.4, 0.5) is 4.39 Å². The first-order valence-electron chi connectivity index (χ1n) is 6.82. The van der Waals surface area contributed by atoms with E-state index in [1.54, 1.807) is 12.1 Å². The lowest BCUT2D eigenvalue weighted by Crippen LogP contribution is -2.37. The molecule has 1 N–H and O–H groups in total. The van der Waals surface area contributed by atoms with Gasteiger partial charge in [-0.3, -0.25) is 0 Å². The van der Waals surface area contributed by atoms with Crippen molar-refractivity contribution in [1.82, 2.24) is 0 Å². The van der Waals surface area contributed by atoms with Crippen LogP contribution in [-0.4, -0.2) is 22.4 Å². The average Bonchev–Trinajstić information content (AvgIpc) is 2.50. The molecule has 1 aliphatic rings. The van der Waals surface area contributed by atoms with Gasteiger partial charge in [-0.05, 0) is 58.2 Å². The third kappa shape index (κ3) is 3.34. The Morgan fingerprint density at radius 1 is 1.26 bits per heavy atom. The second-order valence-corrected chi connectivity index (χ2v) is 6.67. The van der Waals surface area contributed by atoms with Crippen LogP contribution in [0.2, 0.25) is 0 Å². The van der Waals surface area contributed by atoms with Crippen molar-refractivity contribution in [3.05, 3.63) is 35.6 Å². The smallest absolute Gasteiger partial charge is 0.123 e. The lowest BCUT2D eigenvalue weighted by molar-refractivity contribution is -0.0873. The zero-order valence-corrected chi connectivity index (χ0v) is 12.1. The van der Waals surface area contributed by atoms with E-state index in [2.05, 4.69) is 13.8 Å². The lowest BCUT2D eigenvalue weighted by atomic mass is 9.81. The Labute approximate surface area is 114 Å². The highest BCUT2D eigenvalue weighted by Gasteiger charge is 2.48. The molecule has 0 bridgehead atoms. The second-order valence-electron chi connectivity index (χ2n) is 6.67. The largest absolute Gasteiger partial charge is 0.392 e. The highest BCUT2D eigenvalue weighted by atomic mass is 19.1. The molecule has 0 aromatic heterocycles. The van der Waals surface area contributed by atoms with Gasteiger partial charge >= 0.3 is 0 Å². The van der Waals surface area contributed by atoms with E-state index in [1.807, 2.05) is 13.8 Å². The number of aliphatic hydroxyl groups is 1. The van der Waals surface area contributed by atoms with Gasteiger partial charge in [-0.2, -0.15) is 0 Å². The quantitative estimate of drug-likeness (QED) is 0.909. The van der Waals surface area contributed by atoms with E-state index < -0.39 is 6.10 Å². The van der Waals surface area contributed by atoms with Crippen LogP contribution in [0.5, 0.6) is 0 Å². The molecule has 0 spiro atoms. The standard InChI is InChI=1S/C16H23FO2/c1-15(2)10-13(16(3,4)19-15)14(18)9-11-5-7-12(17)8-6-11/h5-8,13-14,18H,9-10H2,1-4H3. The Morgan fingerprint density at radius 3 is 2.32 bits per heavy atom. The normalized spacial score (nSPS) is 26.3. The van der Waals surface area contributed by atoms with E-state index >= 15 is 0 Å². The van der Waals surface area contributed by atoms with E-state index in [1.165, 1.54) is 12.1 Å². The topological polar surface area (TPSA) is 29.5 Å². The molecule has 1 fully saturated rings. The zero-order valence-electron chi connectivity index (χ0n) is 12.1. The third-order valence-electron chi connectivity index (χ3n) is 3.97. The molecule has 3 heteroatoms. The van der Waals surface area contributed by atoms with Crippen LogP contribution in [0.25, 0.3) is 0 Å². The number of hydrogen-bond donors (Lipinski definition) is 1. The average molecular weight is 266 g/mol. The van der Waals surface area contributed by atoms with Crippen molar-refractivity contribution in [3.8, 4) is 0 Å². The van der Waals surface area contributed by atoms with Crippen LogP contribution in [-0.2, 0) is 11.2 Å². The van der Waals surface area contributed by atoms with Crippen LogP contribution in [0.3, 0.4) is 0 Å². The predicted molar refractivity (Wildman–Crippen MR) is 73.5 cm³/mol. The summed E-state index contributed by atoms with van der Waals surface area (Å²) >= 11 is 0. The minimum atomic E-state index is -0.470. The Hall–Kier alpha value is -0.930. The maximum Gasteiger partial charge on any atom is 0.123 e. The molecule has 1 saturated heterocycles. The van der Waals surface area contributed by atoms with Gasteiger partial charge in [-0.25, -0.2) is 4.39 Å². The number of hydrogen-bond acceptors (Lipinski definition) is 2. The van der Waals surface area contributed by atoms with Gasteiger partial charge < -0.3 is 9.84 Å². The highest BCUT2D eigenvalue weighted by molar-refractivity contribution is 5.17. The van der Waals surface area contributed by atoms with Crippen LogP contribution in [0.15, 0.2) is 24.3 Å². The molecule has 1 aliphatic heterocycles. The minimum absolute atomic E-state index is 0.0903. The molecular formula is C16H23FO2. The van der Waals surface area contributed by atoms with Crippen molar-refractivity contribution >= 4 is 0 Å². The highest BCUT2D eigenvalue weighted by Crippen LogP contribution is 2.44. The van der Waals surface area contributed by atoms with Crippen molar-refractivity contribution in [3.63, 3.8) is 0 Å². The zero-order chi connectivity index (χ0) is 14.3. The number of halogens is 1. The van der Waals surface area contributed by atoms with E-state index in [-0.39, 0.29) is 22.9 Å². The fourth-order valence-electron chi connectivity index (χ4n) is 3.21. The van der Waals surface area contributed by atoms with Gasteiger partial charge in [0.2, 0.25) is 0 Å². The first kappa shape index (κ1) is 14.5. The van der Waals surface area contributed by atoms with Gasteiger partial charge in [0.25, 0.3) is 0 Å². The fraction of sp³-hybridized carbons (Fsp3) is 0.625.